The Morgan fingerprint density at radius 1 is 1.03 bits per heavy atom. The molecule has 30 heavy (non-hydrogen) atoms. The number of ketones is 1. The molecule has 170 valence electrons. The predicted molar refractivity (Wildman–Crippen MR) is 124 cm³/mol. The summed E-state index contributed by atoms with van der Waals surface area (Å²) in [5, 5.41) is 9.32. The van der Waals surface area contributed by atoms with Crippen molar-refractivity contribution in [3.8, 4) is 0 Å². The third kappa shape index (κ3) is 3.49. The van der Waals surface area contributed by atoms with Gasteiger partial charge in [-0.05, 0) is 110 Å². The van der Waals surface area contributed by atoms with Gasteiger partial charge in [0.05, 0.1) is 6.26 Å². The molecule has 0 aromatic heterocycles. The topological polar surface area (TPSA) is 37.3 Å². The monoisotopic (exact) mass is 414 g/mol. The molecule has 0 radical (unpaired) electrons. The highest BCUT2D eigenvalue weighted by atomic mass is 16.2. The molecule has 4 saturated carbocycles. The first-order valence-corrected chi connectivity index (χ1v) is 13.1. The molecule has 1 unspecified atom stereocenters. The molecule has 4 rings (SSSR count). The van der Waals surface area contributed by atoms with E-state index in [1.165, 1.54) is 70.5 Å². The van der Waals surface area contributed by atoms with Crippen LogP contribution in [0.3, 0.4) is 0 Å². The van der Waals surface area contributed by atoms with Crippen molar-refractivity contribution >= 4 is 5.78 Å². The van der Waals surface area contributed by atoms with Gasteiger partial charge in [0.25, 0.3) is 0 Å². The van der Waals surface area contributed by atoms with E-state index in [9.17, 15) is 9.90 Å². The third-order valence-electron chi connectivity index (χ3n) is 11.2. The van der Waals surface area contributed by atoms with E-state index >= 15 is 0 Å². The van der Waals surface area contributed by atoms with Crippen LogP contribution < -0.4 is 0 Å². The van der Waals surface area contributed by atoms with Crippen molar-refractivity contribution in [1.82, 2.24) is 0 Å². The maximum absolute atomic E-state index is 13.2. The zero-order valence-electron chi connectivity index (χ0n) is 20.3. The molecule has 2 heteroatoms. The average molecular weight is 415 g/mol. The van der Waals surface area contributed by atoms with Gasteiger partial charge in [0.15, 0.2) is 0 Å². The number of aliphatic hydroxyl groups is 1. The molecule has 0 heterocycles. The van der Waals surface area contributed by atoms with Gasteiger partial charge >= 0.3 is 0 Å². The van der Waals surface area contributed by atoms with Gasteiger partial charge < -0.3 is 5.11 Å². The van der Waals surface area contributed by atoms with Crippen molar-refractivity contribution < 1.29 is 9.90 Å². The van der Waals surface area contributed by atoms with E-state index in [-0.39, 0.29) is 0 Å². The summed E-state index contributed by atoms with van der Waals surface area (Å²) >= 11 is 0. The van der Waals surface area contributed by atoms with E-state index in [0.29, 0.717) is 34.4 Å². The minimum atomic E-state index is 0.298. The van der Waals surface area contributed by atoms with Crippen molar-refractivity contribution in [3.63, 3.8) is 0 Å². The minimum Gasteiger partial charge on any atom is -0.516 e. The van der Waals surface area contributed by atoms with Crippen LogP contribution in [0.4, 0.5) is 0 Å². The normalized spacial score (nSPS) is 46.0. The number of carbonyl (C=O) groups excluding carboxylic acids is 1. The molecule has 4 fully saturated rings. The maximum Gasteiger partial charge on any atom is 0.136 e. The lowest BCUT2D eigenvalue weighted by atomic mass is 9.44. The zero-order chi connectivity index (χ0) is 21.7. The van der Waals surface area contributed by atoms with Crippen molar-refractivity contribution in [2.75, 3.05) is 0 Å². The van der Waals surface area contributed by atoms with Crippen LogP contribution in [0.1, 0.15) is 105 Å². The smallest absolute Gasteiger partial charge is 0.136 e. The molecule has 4 aliphatic rings. The predicted octanol–water partition coefficient (Wildman–Crippen LogP) is 7.73. The van der Waals surface area contributed by atoms with Gasteiger partial charge in [-0.1, -0.05) is 40.5 Å². The Morgan fingerprint density at radius 2 is 1.77 bits per heavy atom. The van der Waals surface area contributed by atoms with Gasteiger partial charge in [0.2, 0.25) is 0 Å². The second kappa shape index (κ2) is 8.28. The fourth-order valence-corrected chi connectivity index (χ4v) is 9.14. The van der Waals surface area contributed by atoms with Gasteiger partial charge in [0.1, 0.15) is 5.78 Å². The summed E-state index contributed by atoms with van der Waals surface area (Å²) in [7, 11) is 0. The molecule has 2 nitrogen and oxygen atoms in total. The van der Waals surface area contributed by atoms with Crippen molar-refractivity contribution in [2.45, 2.75) is 105 Å². The number of rotatable bonds is 5. The van der Waals surface area contributed by atoms with E-state index in [2.05, 4.69) is 27.7 Å². The van der Waals surface area contributed by atoms with Crippen molar-refractivity contribution in [1.29, 1.82) is 0 Å². The van der Waals surface area contributed by atoms with Crippen LogP contribution in [0.5, 0.6) is 0 Å². The molecule has 0 aliphatic heterocycles. The van der Waals surface area contributed by atoms with Crippen LogP contribution in [-0.4, -0.2) is 10.9 Å². The van der Waals surface area contributed by atoms with Crippen LogP contribution in [0.25, 0.3) is 0 Å². The van der Waals surface area contributed by atoms with E-state index < -0.39 is 0 Å². The Hall–Kier alpha value is -0.790. The van der Waals surface area contributed by atoms with Gasteiger partial charge in [-0.25, -0.2) is 0 Å². The lowest BCUT2D eigenvalue weighted by Crippen LogP contribution is -2.56. The molecule has 0 saturated heterocycles. The van der Waals surface area contributed by atoms with Gasteiger partial charge in [-0.3, -0.25) is 4.79 Å². The van der Waals surface area contributed by atoms with Gasteiger partial charge in [0, 0.05) is 12.3 Å². The second-order valence-corrected chi connectivity index (χ2v) is 12.4. The molecule has 0 bridgehead atoms. The summed E-state index contributed by atoms with van der Waals surface area (Å²) < 4.78 is 0. The summed E-state index contributed by atoms with van der Waals surface area (Å²) in [6.45, 7) is 11.9. The summed E-state index contributed by atoms with van der Waals surface area (Å²) in [6.07, 6.45) is 15.2. The highest BCUT2D eigenvalue weighted by Gasteiger charge is 2.61. The molecular weight excluding hydrogens is 368 g/mol. The Labute approximate surface area is 185 Å². The van der Waals surface area contributed by atoms with Crippen molar-refractivity contribution in [2.24, 2.45) is 52.3 Å². The third-order valence-corrected chi connectivity index (χ3v) is 11.2. The number of fused-ring (bicyclic) bond motifs is 5. The van der Waals surface area contributed by atoms with Crippen molar-refractivity contribution in [3.05, 3.63) is 11.8 Å². The molecule has 0 aromatic rings. The summed E-state index contributed by atoms with van der Waals surface area (Å²) in [6, 6.07) is 0. The molecule has 0 aromatic carbocycles. The number of Topliss-reactive ketones (excluding diaryl/α,β-unsaturated/α-hetero) is 1. The van der Waals surface area contributed by atoms with Crippen LogP contribution in [0.15, 0.2) is 11.8 Å². The molecule has 9 atom stereocenters. The minimum absolute atomic E-state index is 0.298. The largest absolute Gasteiger partial charge is 0.516 e. The molecule has 1 N–H and O–H groups in total. The number of allylic oxidation sites excluding steroid dienone is 1. The van der Waals surface area contributed by atoms with E-state index in [1.54, 1.807) is 0 Å². The van der Waals surface area contributed by atoms with Gasteiger partial charge in [-0.2, -0.15) is 0 Å². The first kappa shape index (κ1) is 22.4. The summed E-state index contributed by atoms with van der Waals surface area (Å²) in [5.41, 5.74) is 1.84. The highest BCUT2D eigenvalue weighted by molar-refractivity contribution is 5.83. The van der Waals surface area contributed by atoms with Crippen LogP contribution in [0.2, 0.25) is 0 Å². The lowest BCUT2D eigenvalue weighted by molar-refractivity contribution is -0.154. The second-order valence-electron chi connectivity index (χ2n) is 12.4. The summed E-state index contributed by atoms with van der Waals surface area (Å²) in [4.78, 5) is 13.2. The fourth-order valence-electron chi connectivity index (χ4n) is 9.14. The van der Waals surface area contributed by atoms with Crippen LogP contribution >= 0.6 is 0 Å². The quantitative estimate of drug-likeness (QED) is 0.467. The SMILES string of the molecule is CC(=CO)[C@H](C)CC[C@@H](C)[C@H]1CC[C@H]2[C@@H]3CC(=O)C4CCCC[C@]4(C)[C@H]3CC[C@]12C. The standard InChI is InChI=1S/C28H46O2/c1-18(20(3)17-29)9-10-19(2)22-11-12-23-21-16-26(30)25-8-6-7-14-27(25,4)24(21)13-15-28(22,23)5/h17-19,21-25,29H,6-16H2,1-5H3/t18-,19-,21+,22-,23+,24+,25?,27-,28-/m1/s1. The fraction of sp³-hybridized carbons (Fsp3) is 0.893. The van der Waals surface area contributed by atoms with E-state index in [1.807, 2.05) is 6.92 Å². The van der Waals surface area contributed by atoms with Gasteiger partial charge in [-0.15, -0.1) is 0 Å². The number of hydrogen-bond acceptors (Lipinski definition) is 2. The maximum atomic E-state index is 13.2. The Bertz CT molecular complexity index is 680. The van der Waals surface area contributed by atoms with E-state index in [4.69, 9.17) is 0 Å². The van der Waals surface area contributed by atoms with Crippen LogP contribution in [-0.2, 0) is 4.79 Å². The zero-order valence-corrected chi connectivity index (χ0v) is 20.3. The lowest BCUT2D eigenvalue weighted by Gasteiger charge is -2.60. The first-order valence-electron chi connectivity index (χ1n) is 13.1. The van der Waals surface area contributed by atoms with E-state index in [0.717, 1.165) is 35.7 Å². The Balaban J connectivity index is 1.49. The molecule has 0 amide bonds. The summed E-state index contributed by atoms with van der Waals surface area (Å²) in [5.74, 6) is 5.23. The Kier molecular flexibility index (Phi) is 6.19. The average Bonchev–Trinajstić information content (AvgIpc) is 3.08. The molecular formula is C28H46O2. The Morgan fingerprint density at radius 3 is 2.50 bits per heavy atom. The number of carbonyl (C=O) groups is 1. The number of aliphatic hydroxyl groups excluding tert-OH is 1. The van der Waals surface area contributed by atoms with Crippen LogP contribution in [0, 0.1) is 52.3 Å². The first-order chi connectivity index (χ1) is 14.2. The number of hydrogen-bond donors (Lipinski definition) is 1. The molecule has 4 aliphatic carbocycles. The highest BCUT2D eigenvalue weighted by Crippen LogP contribution is 2.67. The molecule has 0 spiro atoms.